The standard InChI is InChI=1S/C19H16N2OS2/c1-12-5-6-14(8-13(12)2)16-10-24-18-17(16)19(22)21(11-20-18)9-15-4-3-7-23-15/h3-8,10-11H,9H2,1-2H3. The number of benzene rings is 1. The molecule has 0 radical (unpaired) electrons. The molecule has 3 nitrogen and oxygen atoms in total. The summed E-state index contributed by atoms with van der Waals surface area (Å²) in [6, 6.07) is 10.4. The number of hydrogen-bond donors (Lipinski definition) is 0. The van der Waals surface area contributed by atoms with Crippen LogP contribution in [-0.2, 0) is 6.54 Å². The normalized spacial score (nSPS) is 11.2. The maximum absolute atomic E-state index is 13.0. The third-order valence-corrected chi connectivity index (χ3v) is 6.03. The highest BCUT2D eigenvalue weighted by Crippen LogP contribution is 2.31. The lowest BCUT2D eigenvalue weighted by molar-refractivity contribution is 0.759. The van der Waals surface area contributed by atoms with E-state index in [2.05, 4.69) is 37.0 Å². The van der Waals surface area contributed by atoms with E-state index in [1.54, 1.807) is 22.2 Å². The van der Waals surface area contributed by atoms with Crippen LogP contribution in [0.15, 0.2) is 52.2 Å². The van der Waals surface area contributed by atoms with Crippen molar-refractivity contribution in [1.29, 1.82) is 0 Å². The predicted octanol–water partition coefficient (Wildman–Crippen LogP) is 4.85. The van der Waals surface area contributed by atoms with Gasteiger partial charge >= 0.3 is 0 Å². The number of thiophene rings is 2. The average Bonchev–Trinajstić information content (AvgIpc) is 3.22. The predicted molar refractivity (Wildman–Crippen MR) is 102 cm³/mol. The van der Waals surface area contributed by atoms with Crippen molar-refractivity contribution in [3.63, 3.8) is 0 Å². The largest absolute Gasteiger partial charge is 0.293 e. The van der Waals surface area contributed by atoms with Gasteiger partial charge in [0.15, 0.2) is 0 Å². The number of aromatic nitrogens is 2. The molecular formula is C19H16N2OS2. The molecule has 4 rings (SSSR count). The number of rotatable bonds is 3. The quantitative estimate of drug-likeness (QED) is 0.528. The highest BCUT2D eigenvalue weighted by atomic mass is 32.1. The molecule has 0 aliphatic rings. The van der Waals surface area contributed by atoms with Crippen LogP contribution in [0.3, 0.4) is 0 Å². The minimum absolute atomic E-state index is 0.0304. The fraction of sp³-hybridized carbons (Fsp3) is 0.158. The van der Waals surface area contributed by atoms with Gasteiger partial charge in [0.05, 0.1) is 18.3 Å². The van der Waals surface area contributed by atoms with Crippen molar-refractivity contribution in [3.8, 4) is 11.1 Å². The molecule has 0 fully saturated rings. The van der Waals surface area contributed by atoms with Crippen LogP contribution in [0.4, 0.5) is 0 Å². The molecule has 4 aromatic rings. The van der Waals surface area contributed by atoms with Crippen molar-refractivity contribution in [3.05, 3.63) is 73.8 Å². The Hall–Kier alpha value is -2.24. The van der Waals surface area contributed by atoms with Gasteiger partial charge in [-0.15, -0.1) is 22.7 Å². The monoisotopic (exact) mass is 352 g/mol. The Bertz CT molecular complexity index is 1070. The van der Waals surface area contributed by atoms with E-state index in [-0.39, 0.29) is 5.56 Å². The zero-order chi connectivity index (χ0) is 16.7. The van der Waals surface area contributed by atoms with E-state index in [1.807, 2.05) is 22.9 Å². The summed E-state index contributed by atoms with van der Waals surface area (Å²) in [6.45, 7) is 4.77. The first-order valence-electron chi connectivity index (χ1n) is 7.70. The molecule has 24 heavy (non-hydrogen) atoms. The molecule has 3 heterocycles. The summed E-state index contributed by atoms with van der Waals surface area (Å²) < 4.78 is 1.70. The molecule has 120 valence electrons. The second-order valence-corrected chi connectivity index (χ2v) is 7.78. The van der Waals surface area contributed by atoms with Crippen LogP contribution in [0.2, 0.25) is 0 Å². The van der Waals surface area contributed by atoms with Crippen molar-refractivity contribution in [2.45, 2.75) is 20.4 Å². The minimum Gasteiger partial charge on any atom is -0.293 e. The second kappa shape index (κ2) is 6.00. The van der Waals surface area contributed by atoms with Gasteiger partial charge < -0.3 is 0 Å². The molecule has 0 saturated heterocycles. The maximum Gasteiger partial charge on any atom is 0.263 e. The van der Waals surface area contributed by atoms with Gasteiger partial charge in [-0.1, -0.05) is 24.3 Å². The molecule has 0 aliphatic heterocycles. The SMILES string of the molecule is Cc1ccc(-c2csc3ncn(Cc4cccs4)c(=O)c23)cc1C. The van der Waals surface area contributed by atoms with Crippen LogP contribution in [-0.4, -0.2) is 9.55 Å². The average molecular weight is 352 g/mol. The summed E-state index contributed by atoms with van der Waals surface area (Å²) in [7, 11) is 0. The zero-order valence-corrected chi connectivity index (χ0v) is 15.1. The summed E-state index contributed by atoms with van der Waals surface area (Å²) in [6.07, 6.45) is 1.66. The van der Waals surface area contributed by atoms with Gasteiger partial charge in [-0.25, -0.2) is 4.98 Å². The van der Waals surface area contributed by atoms with Crippen LogP contribution in [0.1, 0.15) is 16.0 Å². The Kier molecular flexibility index (Phi) is 3.82. The third-order valence-electron chi connectivity index (χ3n) is 4.28. The lowest BCUT2D eigenvalue weighted by atomic mass is 10.0. The van der Waals surface area contributed by atoms with E-state index < -0.39 is 0 Å². The highest BCUT2D eigenvalue weighted by Gasteiger charge is 2.14. The van der Waals surface area contributed by atoms with Crippen LogP contribution >= 0.6 is 22.7 Å². The first kappa shape index (κ1) is 15.3. The molecule has 0 amide bonds. The van der Waals surface area contributed by atoms with Gasteiger partial charge in [0, 0.05) is 15.8 Å². The Morgan fingerprint density at radius 3 is 2.75 bits per heavy atom. The molecular weight excluding hydrogens is 336 g/mol. The summed E-state index contributed by atoms with van der Waals surface area (Å²) in [5, 5.41) is 4.79. The summed E-state index contributed by atoms with van der Waals surface area (Å²) in [5.74, 6) is 0. The van der Waals surface area contributed by atoms with E-state index in [1.165, 1.54) is 22.5 Å². The molecule has 0 bridgehead atoms. The molecule has 5 heteroatoms. The molecule has 0 atom stereocenters. The Morgan fingerprint density at radius 1 is 1.12 bits per heavy atom. The Morgan fingerprint density at radius 2 is 2.00 bits per heavy atom. The van der Waals surface area contributed by atoms with Crippen molar-refractivity contribution in [2.24, 2.45) is 0 Å². The topological polar surface area (TPSA) is 34.9 Å². The zero-order valence-electron chi connectivity index (χ0n) is 13.4. The van der Waals surface area contributed by atoms with E-state index in [0.717, 1.165) is 26.2 Å². The van der Waals surface area contributed by atoms with E-state index >= 15 is 0 Å². The van der Waals surface area contributed by atoms with E-state index in [9.17, 15) is 4.79 Å². The van der Waals surface area contributed by atoms with Gasteiger partial charge in [0.25, 0.3) is 5.56 Å². The lowest BCUT2D eigenvalue weighted by Gasteiger charge is -2.06. The smallest absolute Gasteiger partial charge is 0.263 e. The summed E-state index contributed by atoms with van der Waals surface area (Å²) >= 11 is 3.18. The summed E-state index contributed by atoms with van der Waals surface area (Å²) in [5.41, 5.74) is 4.58. The van der Waals surface area contributed by atoms with Crippen molar-refractivity contribution >= 4 is 32.9 Å². The lowest BCUT2D eigenvalue weighted by Crippen LogP contribution is -2.20. The summed E-state index contributed by atoms with van der Waals surface area (Å²) in [4.78, 5) is 19.4. The number of aryl methyl sites for hydroxylation is 2. The van der Waals surface area contributed by atoms with Crippen LogP contribution in [0, 0.1) is 13.8 Å². The molecule has 0 unspecified atom stereocenters. The van der Waals surface area contributed by atoms with E-state index in [0.29, 0.717) is 6.54 Å². The van der Waals surface area contributed by atoms with Gasteiger partial charge in [-0.3, -0.25) is 9.36 Å². The van der Waals surface area contributed by atoms with Crippen molar-refractivity contribution < 1.29 is 0 Å². The first-order valence-corrected chi connectivity index (χ1v) is 9.46. The number of hydrogen-bond acceptors (Lipinski definition) is 4. The fourth-order valence-electron chi connectivity index (χ4n) is 2.77. The fourth-order valence-corrected chi connectivity index (χ4v) is 4.38. The number of nitrogens with zero attached hydrogens (tertiary/aromatic N) is 2. The minimum atomic E-state index is 0.0304. The molecule has 0 saturated carbocycles. The second-order valence-electron chi connectivity index (χ2n) is 5.89. The van der Waals surface area contributed by atoms with Gasteiger partial charge in [-0.05, 0) is 42.0 Å². The van der Waals surface area contributed by atoms with Crippen LogP contribution in [0.25, 0.3) is 21.3 Å². The number of fused-ring (bicyclic) bond motifs is 1. The molecule has 3 aromatic heterocycles. The van der Waals surface area contributed by atoms with Gasteiger partial charge in [-0.2, -0.15) is 0 Å². The first-order chi connectivity index (χ1) is 11.6. The molecule has 1 aromatic carbocycles. The van der Waals surface area contributed by atoms with Crippen molar-refractivity contribution in [1.82, 2.24) is 9.55 Å². The highest BCUT2D eigenvalue weighted by molar-refractivity contribution is 7.17. The van der Waals surface area contributed by atoms with Crippen LogP contribution < -0.4 is 5.56 Å². The van der Waals surface area contributed by atoms with E-state index in [4.69, 9.17) is 0 Å². The van der Waals surface area contributed by atoms with Crippen LogP contribution in [0.5, 0.6) is 0 Å². The third kappa shape index (κ3) is 2.60. The molecule has 0 aliphatic carbocycles. The van der Waals surface area contributed by atoms with Crippen molar-refractivity contribution in [2.75, 3.05) is 0 Å². The van der Waals surface area contributed by atoms with Gasteiger partial charge in [0.2, 0.25) is 0 Å². The Balaban J connectivity index is 1.88. The maximum atomic E-state index is 13.0. The van der Waals surface area contributed by atoms with Gasteiger partial charge in [0.1, 0.15) is 4.83 Å². The molecule has 0 N–H and O–H groups in total. The molecule has 0 spiro atoms. The Labute approximate surface area is 147 Å².